The van der Waals surface area contributed by atoms with Crippen LogP contribution >= 0.6 is 22.9 Å². The summed E-state index contributed by atoms with van der Waals surface area (Å²) >= 11 is 7.36. The zero-order valence-electron chi connectivity index (χ0n) is 20.8. The number of halogens is 1. The molecule has 0 radical (unpaired) electrons. The third-order valence-corrected chi connectivity index (χ3v) is 7.26. The number of carbonyl (C=O) groups excluding carboxylic acids is 1. The molecule has 0 aliphatic rings. The molecule has 0 fully saturated rings. The van der Waals surface area contributed by atoms with E-state index in [0.717, 1.165) is 16.7 Å². The maximum atomic E-state index is 14.0. The zero-order chi connectivity index (χ0) is 26.0. The second-order valence-electron chi connectivity index (χ2n) is 9.13. The van der Waals surface area contributed by atoms with Crippen molar-refractivity contribution in [2.24, 2.45) is 5.92 Å². The Bertz CT molecular complexity index is 1450. The summed E-state index contributed by atoms with van der Waals surface area (Å²) in [5, 5.41) is 14.3. The number of Topliss-reactive ketones (excluding diaryl/α,β-unsaturated/α-hetero) is 1. The lowest BCUT2D eigenvalue weighted by Gasteiger charge is -2.19. The highest BCUT2D eigenvalue weighted by Gasteiger charge is 2.25. The van der Waals surface area contributed by atoms with Crippen molar-refractivity contribution in [3.8, 4) is 33.4 Å². The van der Waals surface area contributed by atoms with Crippen molar-refractivity contribution in [2.45, 2.75) is 47.0 Å². The van der Waals surface area contributed by atoms with Gasteiger partial charge in [0, 0.05) is 22.4 Å². The van der Waals surface area contributed by atoms with Gasteiger partial charge in [0.2, 0.25) is 5.88 Å². The number of thiazole rings is 1. The van der Waals surface area contributed by atoms with E-state index >= 15 is 0 Å². The highest BCUT2D eigenvalue weighted by molar-refractivity contribution is 7.13. The van der Waals surface area contributed by atoms with Gasteiger partial charge in [-0.2, -0.15) is 0 Å². The first-order valence-electron chi connectivity index (χ1n) is 12.1. The van der Waals surface area contributed by atoms with Crippen molar-refractivity contribution in [2.75, 3.05) is 0 Å². The lowest BCUT2D eigenvalue weighted by molar-refractivity contribution is 0.0964. The lowest BCUT2D eigenvalue weighted by atomic mass is 9.99. The number of benzene rings is 2. The first kappa shape index (κ1) is 25.9. The highest BCUT2D eigenvalue weighted by Crippen LogP contribution is 2.33. The van der Waals surface area contributed by atoms with Crippen LogP contribution in [-0.2, 0) is 12.8 Å². The van der Waals surface area contributed by atoms with Crippen LogP contribution in [0.15, 0.2) is 58.7 Å². The summed E-state index contributed by atoms with van der Waals surface area (Å²) in [6.07, 6.45) is 1.61. The molecule has 2 heterocycles. The maximum absolute atomic E-state index is 14.0. The molecule has 0 bridgehead atoms. The van der Waals surface area contributed by atoms with E-state index in [2.05, 4.69) is 0 Å². The molecule has 36 heavy (non-hydrogen) atoms. The van der Waals surface area contributed by atoms with Crippen LogP contribution in [0.2, 0.25) is 5.02 Å². The monoisotopic (exact) mass is 520 g/mol. The van der Waals surface area contributed by atoms with Gasteiger partial charge < -0.3 is 5.11 Å². The normalized spacial score (nSPS) is 11.3. The molecule has 0 aliphatic heterocycles. The first-order valence-corrected chi connectivity index (χ1v) is 13.4. The molecule has 1 N–H and O–H groups in total. The Hall–Kier alpha value is -3.22. The molecule has 0 unspecified atom stereocenters. The number of aromatic nitrogens is 2. The largest absolute Gasteiger partial charge is 0.494 e. The molecule has 0 atom stereocenters. The van der Waals surface area contributed by atoms with E-state index in [1.165, 1.54) is 22.0 Å². The van der Waals surface area contributed by atoms with Crippen molar-refractivity contribution in [1.29, 1.82) is 0 Å². The molecule has 2 aromatic heterocycles. The van der Waals surface area contributed by atoms with Gasteiger partial charge in [-0.05, 0) is 48.1 Å². The van der Waals surface area contributed by atoms with Crippen LogP contribution in [0.3, 0.4) is 0 Å². The van der Waals surface area contributed by atoms with Gasteiger partial charge in [0.1, 0.15) is 5.01 Å². The molecule has 0 aliphatic carbocycles. The highest BCUT2D eigenvalue weighted by atomic mass is 35.5. The molecule has 186 valence electrons. The molecule has 4 rings (SSSR count). The number of hydrogen-bond acceptors (Lipinski definition) is 5. The second-order valence-corrected chi connectivity index (χ2v) is 10.4. The Labute approximate surface area is 220 Å². The number of aryl methyl sites for hydroxylation is 2. The van der Waals surface area contributed by atoms with Crippen molar-refractivity contribution < 1.29 is 9.90 Å². The number of rotatable bonds is 8. The van der Waals surface area contributed by atoms with Gasteiger partial charge >= 0.3 is 0 Å². The lowest BCUT2D eigenvalue weighted by Crippen LogP contribution is -2.24. The summed E-state index contributed by atoms with van der Waals surface area (Å²) in [5.41, 5.74) is 4.10. The van der Waals surface area contributed by atoms with E-state index in [1.807, 2.05) is 63.4 Å². The van der Waals surface area contributed by atoms with Gasteiger partial charge in [-0.15, -0.1) is 11.3 Å². The summed E-state index contributed by atoms with van der Waals surface area (Å²) in [5.74, 6) is -0.426. The Balaban J connectivity index is 1.99. The Morgan fingerprint density at radius 3 is 2.31 bits per heavy atom. The van der Waals surface area contributed by atoms with Crippen molar-refractivity contribution in [3.05, 3.63) is 86.0 Å². The predicted molar refractivity (Wildman–Crippen MR) is 148 cm³/mol. The summed E-state index contributed by atoms with van der Waals surface area (Å²) < 4.78 is 1.31. The average molecular weight is 521 g/mol. The SMILES string of the molecule is CCc1cccc(CC)c1-n1c(O)c(C(=O)CC(C)C)cc(-c2nc(-c3ccc(Cl)cc3)cs2)c1=O. The number of para-hydroxylation sites is 1. The number of pyridine rings is 1. The Morgan fingerprint density at radius 2 is 1.72 bits per heavy atom. The van der Waals surface area contributed by atoms with Crippen LogP contribution in [0.4, 0.5) is 0 Å². The van der Waals surface area contributed by atoms with Crippen molar-refractivity contribution in [3.63, 3.8) is 0 Å². The fourth-order valence-corrected chi connectivity index (χ4v) is 5.27. The van der Waals surface area contributed by atoms with Gasteiger partial charge in [0.15, 0.2) is 5.78 Å². The van der Waals surface area contributed by atoms with E-state index in [0.29, 0.717) is 34.3 Å². The van der Waals surface area contributed by atoms with Crippen LogP contribution in [-0.4, -0.2) is 20.4 Å². The fourth-order valence-electron chi connectivity index (χ4n) is 4.31. The van der Waals surface area contributed by atoms with Gasteiger partial charge in [0.25, 0.3) is 5.56 Å². The standard InChI is InChI=1S/C29H29ClN2O3S/c1-5-18-8-7-9-19(6-2)26(18)32-28(34)22(25(33)14-17(3)4)15-23(29(32)35)27-31-24(16-36-27)20-10-12-21(30)13-11-20/h7-13,15-17,34H,5-6,14H2,1-4H3. The summed E-state index contributed by atoms with van der Waals surface area (Å²) in [6.45, 7) is 7.92. The minimum atomic E-state index is -0.402. The number of hydrogen-bond donors (Lipinski definition) is 1. The first-order chi connectivity index (χ1) is 17.2. The molecular weight excluding hydrogens is 492 g/mol. The summed E-state index contributed by atoms with van der Waals surface area (Å²) in [4.78, 5) is 31.9. The molecule has 5 nitrogen and oxygen atoms in total. The van der Waals surface area contributed by atoms with Gasteiger partial charge in [-0.25, -0.2) is 9.55 Å². The van der Waals surface area contributed by atoms with Crippen LogP contribution in [0, 0.1) is 5.92 Å². The van der Waals surface area contributed by atoms with E-state index in [4.69, 9.17) is 16.6 Å². The molecule has 0 saturated heterocycles. The smallest absolute Gasteiger partial charge is 0.268 e. The molecule has 0 amide bonds. The number of carbonyl (C=O) groups is 1. The number of ketones is 1. The minimum absolute atomic E-state index is 0.103. The zero-order valence-corrected chi connectivity index (χ0v) is 22.4. The minimum Gasteiger partial charge on any atom is -0.494 e. The average Bonchev–Trinajstić information content (AvgIpc) is 3.34. The van der Waals surface area contributed by atoms with Crippen LogP contribution in [0.5, 0.6) is 5.88 Å². The van der Waals surface area contributed by atoms with E-state index in [-0.39, 0.29) is 35.1 Å². The quantitative estimate of drug-likeness (QED) is 0.247. The second kappa shape index (κ2) is 10.8. The van der Waals surface area contributed by atoms with Crippen LogP contribution in [0.1, 0.15) is 55.6 Å². The van der Waals surface area contributed by atoms with Crippen molar-refractivity contribution >= 4 is 28.7 Å². The Morgan fingerprint density at radius 1 is 1.08 bits per heavy atom. The van der Waals surface area contributed by atoms with Gasteiger partial charge in [0.05, 0.1) is 22.5 Å². The molecule has 0 spiro atoms. The summed E-state index contributed by atoms with van der Waals surface area (Å²) in [7, 11) is 0. The van der Waals surface area contributed by atoms with Crippen molar-refractivity contribution in [1.82, 2.24) is 9.55 Å². The van der Waals surface area contributed by atoms with E-state index < -0.39 is 5.56 Å². The molecule has 2 aromatic carbocycles. The molecular formula is C29H29ClN2O3S. The van der Waals surface area contributed by atoms with Gasteiger partial charge in [-0.1, -0.05) is 69.6 Å². The van der Waals surface area contributed by atoms with E-state index in [1.54, 1.807) is 12.1 Å². The topological polar surface area (TPSA) is 72.2 Å². The third-order valence-electron chi connectivity index (χ3n) is 6.13. The molecule has 0 saturated carbocycles. The molecule has 4 aromatic rings. The Kier molecular flexibility index (Phi) is 7.76. The number of aromatic hydroxyl groups is 1. The van der Waals surface area contributed by atoms with E-state index in [9.17, 15) is 14.7 Å². The molecule has 7 heteroatoms. The fraction of sp³-hybridized carbons (Fsp3) is 0.276. The maximum Gasteiger partial charge on any atom is 0.268 e. The predicted octanol–water partition coefficient (Wildman–Crippen LogP) is 7.34. The van der Waals surface area contributed by atoms with Crippen LogP contribution in [0.25, 0.3) is 27.5 Å². The number of nitrogens with zero attached hydrogens (tertiary/aromatic N) is 2. The summed E-state index contributed by atoms with van der Waals surface area (Å²) in [6, 6.07) is 14.7. The third kappa shape index (κ3) is 5.01. The van der Waals surface area contributed by atoms with Crippen LogP contribution < -0.4 is 5.56 Å². The van der Waals surface area contributed by atoms with Gasteiger partial charge in [-0.3, -0.25) is 9.59 Å².